The van der Waals surface area contributed by atoms with Crippen molar-refractivity contribution in [2.24, 2.45) is 0 Å². The number of Topliss-reactive ketones (excluding diaryl/α,β-unsaturated/α-hetero) is 1. The second-order valence-electron chi connectivity index (χ2n) is 7.15. The largest absolute Gasteiger partial charge is 0.543 e. The highest BCUT2D eigenvalue weighted by atomic mass is 35.5. The Kier molecular flexibility index (Phi) is 7.38. The number of rotatable bonds is 6. The maximum Gasteiger partial charge on any atom is 0.250 e. The van der Waals surface area contributed by atoms with E-state index in [9.17, 15) is 4.79 Å². The highest BCUT2D eigenvalue weighted by Crippen LogP contribution is 2.39. The number of ketones is 1. The first kappa shape index (κ1) is 20.6. The third-order valence-corrected chi connectivity index (χ3v) is 8.85. The van der Waals surface area contributed by atoms with Crippen molar-refractivity contribution in [2.75, 3.05) is 13.0 Å². The third-order valence-electron chi connectivity index (χ3n) is 4.24. The van der Waals surface area contributed by atoms with Gasteiger partial charge in [0.05, 0.1) is 12.7 Å². The van der Waals surface area contributed by atoms with E-state index >= 15 is 0 Å². The lowest BCUT2D eigenvalue weighted by Crippen LogP contribution is -2.44. The molecule has 0 bridgehead atoms. The van der Waals surface area contributed by atoms with E-state index in [1.165, 1.54) is 0 Å². The zero-order valence-electron chi connectivity index (χ0n) is 15.5. The van der Waals surface area contributed by atoms with Gasteiger partial charge in [-0.1, -0.05) is 26.7 Å². The van der Waals surface area contributed by atoms with Crippen molar-refractivity contribution in [3.05, 3.63) is 23.8 Å². The van der Waals surface area contributed by atoms with Crippen LogP contribution in [0.15, 0.2) is 18.2 Å². The Labute approximate surface area is 151 Å². The molecule has 5 heteroatoms. The van der Waals surface area contributed by atoms with Crippen LogP contribution in [0.5, 0.6) is 11.5 Å². The molecule has 24 heavy (non-hydrogen) atoms. The number of hydrogen-bond acceptors (Lipinski definition) is 3. The molecule has 1 aromatic rings. The van der Waals surface area contributed by atoms with Crippen molar-refractivity contribution in [2.45, 2.75) is 51.7 Å². The molecule has 0 N–H and O–H groups in total. The summed E-state index contributed by atoms with van der Waals surface area (Å²) >= 11 is 5.63. The zero-order chi connectivity index (χ0) is 18.4. The molecule has 0 saturated heterocycles. The molecular formula is C19H27ClO3Si. The smallest absolute Gasteiger partial charge is 0.250 e. The van der Waals surface area contributed by atoms with Gasteiger partial charge in [-0.3, -0.25) is 4.79 Å². The second kappa shape index (κ2) is 8.59. The molecule has 3 nitrogen and oxygen atoms in total. The molecule has 0 saturated carbocycles. The summed E-state index contributed by atoms with van der Waals surface area (Å²) in [6, 6.07) is 5.25. The lowest BCUT2D eigenvalue weighted by molar-refractivity contribution is 0.105. The molecule has 132 valence electrons. The average molecular weight is 367 g/mol. The zero-order valence-corrected chi connectivity index (χ0v) is 17.2. The van der Waals surface area contributed by atoms with Crippen LogP contribution in [0.2, 0.25) is 18.1 Å². The minimum Gasteiger partial charge on any atom is -0.543 e. The highest BCUT2D eigenvalue weighted by molar-refractivity contribution is 6.74. The van der Waals surface area contributed by atoms with E-state index in [-0.39, 0.29) is 10.8 Å². The van der Waals surface area contributed by atoms with Crippen LogP contribution in [0.3, 0.4) is 0 Å². The van der Waals surface area contributed by atoms with E-state index in [2.05, 4.69) is 45.7 Å². The van der Waals surface area contributed by atoms with Gasteiger partial charge >= 0.3 is 0 Å². The SMILES string of the molecule is COc1ccc(C(=O)C#CCCCCl)c(O[Si](C)(C)C(C)(C)C)c1. The molecular weight excluding hydrogens is 340 g/mol. The van der Waals surface area contributed by atoms with Crippen molar-refractivity contribution in [1.82, 2.24) is 0 Å². The Morgan fingerprint density at radius 1 is 1.29 bits per heavy atom. The van der Waals surface area contributed by atoms with Crippen LogP contribution in [0.1, 0.15) is 44.0 Å². The molecule has 0 heterocycles. The van der Waals surface area contributed by atoms with Gasteiger partial charge in [0.2, 0.25) is 5.78 Å². The van der Waals surface area contributed by atoms with Crippen LogP contribution in [0, 0.1) is 11.8 Å². The topological polar surface area (TPSA) is 35.5 Å². The Morgan fingerprint density at radius 3 is 2.50 bits per heavy atom. The lowest BCUT2D eigenvalue weighted by atomic mass is 10.1. The van der Waals surface area contributed by atoms with Crippen molar-refractivity contribution in [1.29, 1.82) is 0 Å². The lowest BCUT2D eigenvalue weighted by Gasteiger charge is -2.36. The number of unbranched alkanes of at least 4 members (excludes halogenated alkanes) is 1. The Bertz CT molecular complexity index is 636. The van der Waals surface area contributed by atoms with Crippen molar-refractivity contribution < 1.29 is 14.0 Å². The van der Waals surface area contributed by atoms with E-state index in [0.717, 1.165) is 6.42 Å². The van der Waals surface area contributed by atoms with E-state index in [1.807, 2.05) is 0 Å². The molecule has 0 aromatic heterocycles. The molecule has 0 amide bonds. The van der Waals surface area contributed by atoms with Gasteiger partial charge < -0.3 is 9.16 Å². The van der Waals surface area contributed by atoms with Crippen LogP contribution < -0.4 is 9.16 Å². The monoisotopic (exact) mass is 366 g/mol. The normalized spacial score (nSPS) is 11.5. The Balaban J connectivity index is 3.17. The van der Waals surface area contributed by atoms with Gasteiger partial charge in [0.25, 0.3) is 8.32 Å². The summed E-state index contributed by atoms with van der Waals surface area (Å²) in [4.78, 5) is 12.5. The number of halogens is 1. The number of carbonyl (C=O) groups is 1. The summed E-state index contributed by atoms with van der Waals surface area (Å²) < 4.78 is 11.6. The predicted octanol–water partition coefficient (Wildman–Crippen LogP) is 5.28. The highest BCUT2D eigenvalue weighted by Gasteiger charge is 2.39. The summed E-state index contributed by atoms with van der Waals surface area (Å²) in [6.07, 6.45) is 1.39. The van der Waals surface area contributed by atoms with Gasteiger partial charge in [-0.05, 0) is 42.6 Å². The van der Waals surface area contributed by atoms with Crippen LogP contribution in [0.4, 0.5) is 0 Å². The number of ether oxygens (including phenoxy) is 1. The first-order valence-corrected chi connectivity index (χ1v) is 11.5. The molecule has 0 aliphatic heterocycles. The fourth-order valence-corrected chi connectivity index (χ4v) is 2.85. The Morgan fingerprint density at radius 2 is 1.96 bits per heavy atom. The first-order chi connectivity index (χ1) is 11.1. The Hall–Kier alpha value is -1.44. The van der Waals surface area contributed by atoms with Gasteiger partial charge in [-0.25, -0.2) is 0 Å². The molecule has 0 radical (unpaired) electrons. The molecule has 0 spiro atoms. The maximum absolute atomic E-state index is 12.5. The summed E-state index contributed by atoms with van der Waals surface area (Å²) in [7, 11) is -0.480. The van der Waals surface area contributed by atoms with Crippen molar-refractivity contribution >= 4 is 25.7 Å². The van der Waals surface area contributed by atoms with Gasteiger partial charge in [0.15, 0.2) is 0 Å². The standard InChI is InChI=1S/C19H27ClO3Si/c1-19(2,3)24(5,6)23-18-14-15(22-4)11-12-16(18)17(21)10-8-7-9-13-20/h11-12,14H,7,9,13H2,1-6H3. The van der Waals surface area contributed by atoms with Crippen molar-refractivity contribution in [3.63, 3.8) is 0 Å². The molecule has 0 atom stereocenters. The third kappa shape index (κ3) is 5.57. The number of carbonyl (C=O) groups excluding carboxylic acids is 1. The molecule has 0 aliphatic carbocycles. The second-order valence-corrected chi connectivity index (χ2v) is 12.3. The van der Waals surface area contributed by atoms with Crippen LogP contribution >= 0.6 is 11.6 Å². The fraction of sp³-hybridized carbons (Fsp3) is 0.526. The number of hydrogen-bond donors (Lipinski definition) is 0. The number of alkyl halides is 1. The van der Waals surface area contributed by atoms with Crippen LogP contribution in [0.25, 0.3) is 0 Å². The average Bonchev–Trinajstić information content (AvgIpc) is 2.49. The summed E-state index contributed by atoms with van der Waals surface area (Å²) in [5.41, 5.74) is 0.485. The molecule has 0 unspecified atom stereocenters. The van der Waals surface area contributed by atoms with Gasteiger partial charge in [-0.15, -0.1) is 11.6 Å². The van der Waals surface area contributed by atoms with Gasteiger partial charge in [0.1, 0.15) is 11.5 Å². The molecule has 0 fully saturated rings. The molecule has 0 aliphatic rings. The fourth-order valence-electron chi connectivity index (χ4n) is 1.69. The van der Waals surface area contributed by atoms with Crippen LogP contribution in [-0.2, 0) is 0 Å². The summed E-state index contributed by atoms with van der Waals surface area (Å²) in [5.74, 6) is 7.08. The molecule has 1 rings (SSSR count). The van der Waals surface area contributed by atoms with Crippen LogP contribution in [-0.4, -0.2) is 27.1 Å². The number of benzene rings is 1. The predicted molar refractivity (Wildman–Crippen MR) is 103 cm³/mol. The first-order valence-electron chi connectivity index (χ1n) is 8.08. The van der Waals surface area contributed by atoms with E-state index in [4.69, 9.17) is 20.8 Å². The minimum atomic E-state index is -2.08. The summed E-state index contributed by atoms with van der Waals surface area (Å²) in [5, 5.41) is 0.0302. The quantitative estimate of drug-likeness (QED) is 0.171. The number of methoxy groups -OCH3 is 1. The summed E-state index contributed by atoms with van der Waals surface area (Å²) in [6.45, 7) is 10.8. The van der Waals surface area contributed by atoms with E-state index in [1.54, 1.807) is 25.3 Å². The van der Waals surface area contributed by atoms with Crippen molar-refractivity contribution in [3.8, 4) is 23.3 Å². The molecule has 1 aromatic carbocycles. The minimum absolute atomic E-state index is 0.0302. The van der Waals surface area contributed by atoms with Gasteiger partial charge in [0, 0.05) is 18.4 Å². The maximum atomic E-state index is 12.5. The van der Waals surface area contributed by atoms with E-state index < -0.39 is 8.32 Å². The van der Waals surface area contributed by atoms with Gasteiger partial charge in [-0.2, -0.15) is 0 Å². The van der Waals surface area contributed by atoms with E-state index in [0.29, 0.717) is 29.4 Å².